The van der Waals surface area contributed by atoms with Crippen molar-refractivity contribution in [2.45, 2.75) is 6.54 Å². The van der Waals surface area contributed by atoms with Gasteiger partial charge in [-0.3, -0.25) is 0 Å². The van der Waals surface area contributed by atoms with Crippen molar-refractivity contribution in [3.05, 3.63) is 59.9 Å². The largest absolute Gasteiger partial charge is 0.398 e. The second-order valence-electron chi connectivity index (χ2n) is 4.01. The zero-order chi connectivity index (χ0) is 12.3. The first-order valence-electron chi connectivity index (χ1n) is 5.47. The fourth-order valence-electron chi connectivity index (χ4n) is 1.78. The van der Waals surface area contributed by atoms with E-state index in [0.717, 1.165) is 11.3 Å². The number of benzene rings is 2. The van der Waals surface area contributed by atoms with Crippen LogP contribution in [0.4, 0.5) is 15.8 Å². The summed E-state index contributed by atoms with van der Waals surface area (Å²) in [5.41, 5.74) is 8.17. The van der Waals surface area contributed by atoms with Crippen LogP contribution >= 0.6 is 0 Å². The van der Waals surface area contributed by atoms with Gasteiger partial charge in [-0.2, -0.15) is 0 Å². The average molecular weight is 230 g/mol. The number of hydrogen-bond donors (Lipinski definition) is 1. The Balaban J connectivity index is 2.20. The molecule has 0 bridgehead atoms. The predicted molar refractivity (Wildman–Crippen MR) is 69.4 cm³/mol. The number of hydrogen-bond acceptors (Lipinski definition) is 2. The Morgan fingerprint density at radius 3 is 2.41 bits per heavy atom. The summed E-state index contributed by atoms with van der Waals surface area (Å²) in [6.45, 7) is 0.591. The van der Waals surface area contributed by atoms with E-state index in [2.05, 4.69) is 0 Å². The molecule has 0 amide bonds. The summed E-state index contributed by atoms with van der Waals surface area (Å²) < 4.78 is 13.6. The van der Waals surface area contributed by atoms with Gasteiger partial charge in [-0.1, -0.05) is 30.3 Å². The highest BCUT2D eigenvalue weighted by molar-refractivity contribution is 5.52. The number of nitrogens with zero attached hydrogens (tertiary/aromatic N) is 1. The molecule has 17 heavy (non-hydrogen) atoms. The number of nitrogens with two attached hydrogens (primary N) is 1. The second-order valence-corrected chi connectivity index (χ2v) is 4.01. The van der Waals surface area contributed by atoms with Crippen LogP contribution in [0.5, 0.6) is 0 Å². The van der Waals surface area contributed by atoms with E-state index in [1.165, 1.54) is 6.07 Å². The van der Waals surface area contributed by atoms with Crippen LogP contribution in [-0.4, -0.2) is 7.05 Å². The smallest absolute Gasteiger partial charge is 0.146 e. The summed E-state index contributed by atoms with van der Waals surface area (Å²) in [7, 11) is 1.85. The van der Waals surface area contributed by atoms with E-state index in [1.54, 1.807) is 12.1 Å². The molecule has 0 spiro atoms. The van der Waals surface area contributed by atoms with Crippen molar-refractivity contribution in [1.82, 2.24) is 0 Å². The number of nitrogen functional groups attached to an aromatic ring is 1. The quantitative estimate of drug-likeness (QED) is 0.821. The van der Waals surface area contributed by atoms with E-state index in [9.17, 15) is 4.39 Å². The van der Waals surface area contributed by atoms with Crippen LogP contribution in [0.25, 0.3) is 0 Å². The minimum Gasteiger partial charge on any atom is -0.398 e. The molecule has 88 valence electrons. The lowest BCUT2D eigenvalue weighted by molar-refractivity contribution is 0.622. The molecule has 0 atom stereocenters. The van der Waals surface area contributed by atoms with E-state index in [-0.39, 0.29) is 5.82 Å². The van der Waals surface area contributed by atoms with Gasteiger partial charge in [0.05, 0.1) is 5.69 Å². The van der Waals surface area contributed by atoms with Crippen LogP contribution in [0.2, 0.25) is 0 Å². The van der Waals surface area contributed by atoms with Gasteiger partial charge in [-0.05, 0) is 23.8 Å². The van der Waals surface area contributed by atoms with Crippen molar-refractivity contribution in [3.8, 4) is 0 Å². The number of anilines is 2. The topological polar surface area (TPSA) is 29.3 Å². The SMILES string of the molecule is CN(Cc1ccccc1N)c1ccccc1F. The molecule has 0 aliphatic carbocycles. The molecular formula is C14H15FN2. The Morgan fingerprint density at radius 1 is 1.06 bits per heavy atom. The Labute approximate surface area is 100 Å². The zero-order valence-electron chi connectivity index (χ0n) is 9.73. The number of halogens is 1. The minimum atomic E-state index is -0.218. The third-order valence-electron chi connectivity index (χ3n) is 2.73. The maximum absolute atomic E-state index is 13.6. The predicted octanol–water partition coefficient (Wildman–Crippen LogP) is 3.04. The third kappa shape index (κ3) is 2.56. The summed E-state index contributed by atoms with van der Waals surface area (Å²) in [4.78, 5) is 1.85. The monoisotopic (exact) mass is 230 g/mol. The Hall–Kier alpha value is -2.03. The molecule has 0 aliphatic rings. The van der Waals surface area contributed by atoms with Crippen LogP contribution in [0.1, 0.15) is 5.56 Å². The van der Waals surface area contributed by atoms with Crippen molar-refractivity contribution < 1.29 is 4.39 Å². The summed E-state index contributed by atoms with van der Waals surface area (Å²) >= 11 is 0. The third-order valence-corrected chi connectivity index (χ3v) is 2.73. The van der Waals surface area contributed by atoms with Gasteiger partial charge in [0, 0.05) is 19.3 Å². The molecule has 0 heterocycles. The molecule has 0 aliphatic heterocycles. The molecule has 3 heteroatoms. The molecule has 0 saturated heterocycles. The first-order chi connectivity index (χ1) is 8.18. The van der Waals surface area contributed by atoms with Gasteiger partial charge in [0.15, 0.2) is 0 Å². The highest BCUT2D eigenvalue weighted by Crippen LogP contribution is 2.21. The normalized spacial score (nSPS) is 10.2. The molecule has 2 rings (SSSR count). The Bertz CT molecular complexity index is 511. The zero-order valence-corrected chi connectivity index (χ0v) is 9.73. The van der Waals surface area contributed by atoms with Gasteiger partial charge in [-0.15, -0.1) is 0 Å². The van der Waals surface area contributed by atoms with Crippen LogP contribution in [-0.2, 0) is 6.54 Å². The first kappa shape index (κ1) is 11.5. The average Bonchev–Trinajstić information content (AvgIpc) is 2.32. The van der Waals surface area contributed by atoms with Gasteiger partial charge >= 0.3 is 0 Å². The Morgan fingerprint density at radius 2 is 1.71 bits per heavy atom. The van der Waals surface area contributed by atoms with Crippen LogP contribution in [0.3, 0.4) is 0 Å². The highest BCUT2D eigenvalue weighted by Gasteiger charge is 2.08. The molecule has 0 fully saturated rings. The van der Waals surface area contributed by atoms with Crippen LogP contribution < -0.4 is 10.6 Å². The molecule has 2 aromatic carbocycles. The van der Waals surface area contributed by atoms with Gasteiger partial charge in [0.2, 0.25) is 0 Å². The van der Waals surface area contributed by atoms with Gasteiger partial charge < -0.3 is 10.6 Å². The summed E-state index contributed by atoms with van der Waals surface area (Å²) in [5.74, 6) is -0.218. The first-order valence-corrected chi connectivity index (χ1v) is 5.47. The minimum absolute atomic E-state index is 0.218. The molecule has 0 saturated carbocycles. The fraction of sp³-hybridized carbons (Fsp3) is 0.143. The fourth-order valence-corrected chi connectivity index (χ4v) is 1.78. The summed E-state index contributed by atoms with van der Waals surface area (Å²) in [6, 6.07) is 14.3. The highest BCUT2D eigenvalue weighted by atomic mass is 19.1. The molecule has 0 aromatic heterocycles. The number of rotatable bonds is 3. The summed E-state index contributed by atoms with van der Waals surface area (Å²) in [6.07, 6.45) is 0. The molecular weight excluding hydrogens is 215 g/mol. The van der Waals surface area contributed by atoms with Crippen molar-refractivity contribution in [1.29, 1.82) is 0 Å². The van der Waals surface area contributed by atoms with Crippen LogP contribution in [0, 0.1) is 5.82 Å². The van der Waals surface area contributed by atoms with E-state index >= 15 is 0 Å². The maximum Gasteiger partial charge on any atom is 0.146 e. The maximum atomic E-state index is 13.6. The lowest BCUT2D eigenvalue weighted by Gasteiger charge is -2.20. The number of para-hydroxylation sites is 2. The summed E-state index contributed by atoms with van der Waals surface area (Å²) in [5, 5.41) is 0. The van der Waals surface area contributed by atoms with Crippen molar-refractivity contribution in [3.63, 3.8) is 0 Å². The van der Waals surface area contributed by atoms with Gasteiger partial charge in [0.25, 0.3) is 0 Å². The van der Waals surface area contributed by atoms with Crippen molar-refractivity contribution in [2.75, 3.05) is 17.7 Å². The molecule has 2 nitrogen and oxygen atoms in total. The molecule has 2 N–H and O–H groups in total. The van der Waals surface area contributed by atoms with Gasteiger partial charge in [-0.25, -0.2) is 4.39 Å². The lowest BCUT2D eigenvalue weighted by Crippen LogP contribution is -2.18. The van der Waals surface area contributed by atoms with Gasteiger partial charge in [0.1, 0.15) is 5.82 Å². The van der Waals surface area contributed by atoms with E-state index < -0.39 is 0 Å². The second kappa shape index (κ2) is 4.87. The van der Waals surface area contributed by atoms with Crippen molar-refractivity contribution in [2.24, 2.45) is 0 Å². The van der Waals surface area contributed by atoms with E-state index in [4.69, 9.17) is 5.73 Å². The lowest BCUT2D eigenvalue weighted by atomic mass is 10.1. The van der Waals surface area contributed by atoms with E-state index in [1.807, 2.05) is 42.3 Å². The van der Waals surface area contributed by atoms with Crippen molar-refractivity contribution >= 4 is 11.4 Å². The Kier molecular flexibility index (Phi) is 3.28. The molecule has 0 radical (unpaired) electrons. The molecule has 0 unspecified atom stereocenters. The van der Waals surface area contributed by atoms with E-state index in [0.29, 0.717) is 12.2 Å². The van der Waals surface area contributed by atoms with Crippen LogP contribution in [0.15, 0.2) is 48.5 Å². The molecule has 2 aromatic rings. The standard InChI is InChI=1S/C14H15FN2/c1-17(14-9-5-3-7-12(14)15)10-11-6-2-4-8-13(11)16/h2-9H,10,16H2,1H3.